The molecule has 0 atom stereocenters. The molecule has 0 aliphatic rings. The molecule has 8 heteroatoms. The number of rotatable bonds is 12. The van der Waals surface area contributed by atoms with E-state index in [0.29, 0.717) is 24.7 Å². The summed E-state index contributed by atoms with van der Waals surface area (Å²) in [5.74, 6) is 2.02. The van der Waals surface area contributed by atoms with Crippen LogP contribution in [0.1, 0.15) is 49.5 Å². The number of nitrogens with zero attached hydrogens (tertiary/aromatic N) is 2. The first kappa shape index (κ1) is 25.5. The molecule has 0 bridgehead atoms. The highest BCUT2D eigenvalue weighted by Gasteiger charge is 2.16. The topological polar surface area (TPSA) is 90.7 Å². The Labute approximate surface area is 205 Å². The second-order valence-electron chi connectivity index (χ2n) is 8.55. The first-order chi connectivity index (χ1) is 16.4. The summed E-state index contributed by atoms with van der Waals surface area (Å²) in [6.45, 7) is 5.71. The molecule has 3 rings (SSSR count). The fraction of sp³-hybridized carbons (Fsp3) is 0.385. The zero-order valence-electron chi connectivity index (χ0n) is 20.3. The van der Waals surface area contributed by atoms with Crippen LogP contribution < -0.4 is 19.9 Å². The minimum absolute atomic E-state index is 0.0388. The van der Waals surface area contributed by atoms with E-state index in [-0.39, 0.29) is 5.84 Å². The molecular formula is C26H34N4O3S. The smallest absolute Gasteiger partial charge is 0.185 e. The Morgan fingerprint density at radius 3 is 2.03 bits per heavy atom. The van der Waals surface area contributed by atoms with Crippen LogP contribution in [0.5, 0.6) is 11.5 Å². The lowest BCUT2D eigenvalue weighted by molar-refractivity contribution is 0.234. The van der Waals surface area contributed by atoms with Gasteiger partial charge in [0.25, 0.3) is 0 Å². The Hall–Kier alpha value is -3.10. The summed E-state index contributed by atoms with van der Waals surface area (Å²) < 4.78 is 11.7. The Kier molecular flexibility index (Phi) is 9.30. The van der Waals surface area contributed by atoms with Crippen LogP contribution in [-0.4, -0.2) is 43.3 Å². The quantitative estimate of drug-likeness (QED) is 0.128. The molecule has 0 aliphatic carbocycles. The van der Waals surface area contributed by atoms with E-state index in [0.717, 1.165) is 47.2 Å². The van der Waals surface area contributed by atoms with Crippen molar-refractivity contribution in [2.45, 2.75) is 39.0 Å². The molecular weight excluding hydrogens is 448 g/mol. The highest BCUT2D eigenvalue weighted by Crippen LogP contribution is 2.37. The highest BCUT2D eigenvalue weighted by molar-refractivity contribution is 7.16. The Balaban J connectivity index is 1.39. The van der Waals surface area contributed by atoms with Crippen LogP contribution in [0.25, 0.3) is 11.3 Å². The van der Waals surface area contributed by atoms with Gasteiger partial charge in [0.15, 0.2) is 5.13 Å². The van der Waals surface area contributed by atoms with Gasteiger partial charge in [-0.2, -0.15) is 0 Å². The average molecular weight is 483 g/mol. The molecule has 0 fully saturated rings. The first-order valence-electron chi connectivity index (χ1n) is 11.5. The molecule has 0 saturated heterocycles. The highest BCUT2D eigenvalue weighted by atomic mass is 32.1. The molecule has 1 aromatic heterocycles. The normalized spacial score (nSPS) is 10.9. The lowest BCUT2D eigenvalue weighted by Crippen LogP contribution is -2.18. The van der Waals surface area contributed by atoms with Crippen LogP contribution in [-0.2, 0) is 0 Å². The molecule has 0 aliphatic heterocycles. The Morgan fingerprint density at radius 1 is 0.971 bits per heavy atom. The van der Waals surface area contributed by atoms with Crippen molar-refractivity contribution in [1.82, 2.24) is 10.5 Å². The van der Waals surface area contributed by atoms with Crippen LogP contribution in [0.2, 0.25) is 0 Å². The van der Waals surface area contributed by atoms with Crippen molar-refractivity contribution in [3.63, 3.8) is 0 Å². The maximum absolute atomic E-state index is 8.76. The number of unbranched alkanes of at least 4 members (excludes halogenated alkanes) is 2. The molecule has 0 radical (unpaired) electrons. The average Bonchev–Trinajstić information content (AvgIpc) is 3.30. The minimum atomic E-state index is -0.0388. The number of thiazole rings is 1. The Morgan fingerprint density at radius 2 is 1.53 bits per heavy atom. The lowest BCUT2D eigenvalue weighted by atomic mass is 10.1. The van der Waals surface area contributed by atoms with E-state index >= 15 is 0 Å². The number of hydrogen-bond donors (Lipinski definition) is 3. The van der Waals surface area contributed by atoms with E-state index in [9.17, 15) is 0 Å². The summed E-state index contributed by atoms with van der Waals surface area (Å²) in [6, 6.07) is 15.3. The van der Waals surface area contributed by atoms with Gasteiger partial charge < -0.3 is 14.4 Å². The summed E-state index contributed by atoms with van der Waals surface area (Å²) >= 11 is 1.75. The summed E-state index contributed by atoms with van der Waals surface area (Å²) in [5, 5.41) is 17.3. The monoisotopic (exact) mass is 482 g/mol. The predicted molar refractivity (Wildman–Crippen MR) is 139 cm³/mol. The number of hydroxylamine groups is 1. The van der Waals surface area contributed by atoms with Crippen LogP contribution in [0.15, 0.2) is 48.5 Å². The van der Waals surface area contributed by atoms with Gasteiger partial charge in [0.1, 0.15) is 17.3 Å². The van der Waals surface area contributed by atoms with Crippen molar-refractivity contribution in [2.75, 3.05) is 32.2 Å². The summed E-state index contributed by atoms with van der Waals surface area (Å²) in [6.07, 6.45) is 2.91. The third-order valence-electron chi connectivity index (χ3n) is 5.26. The van der Waals surface area contributed by atoms with Crippen LogP contribution >= 0.6 is 11.3 Å². The van der Waals surface area contributed by atoms with Crippen LogP contribution in [0.3, 0.4) is 0 Å². The van der Waals surface area contributed by atoms with Gasteiger partial charge in [0.05, 0.1) is 18.9 Å². The molecule has 1 heterocycles. The molecule has 0 saturated carbocycles. The van der Waals surface area contributed by atoms with E-state index < -0.39 is 0 Å². The lowest BCUT2D eigenvalue weighted by Gasteiger charge is -2.09. The molecule has 3 aromatic rings. The molecule has 2 aromatic carbocycles. The number of anilines is 1. The number of aromatic nitrogens is 1. The molecule has 34 heavy (non-hydrogen) atoms. The number of amidine groups is 1. The van der Waals surface area contributed by atoms with E-state index in [1.165, 1.54) is 4.88 Å². The van der Waals surface area contributed by atoms with Crippen molar-refractivity contribution in [1.29, 1.82) is 5.41 Å². The summed E-state index contributed by atoms with van der Waals surface area (Å²) in [4.78, 5) is 8.20. The van der Waals surface area contributed by atoms with Crippen molar-refractivity contribution < 1.29 is 14.7 Å². The second kappa shape index (κ2) is 12.4. The van der Waals surface area contributed by atoms with Crippen LogP contribution in [0, 0.1) is 5.41 Å². The van der Waals surface area contributed by atoms with Gasteiger partial charge in [0, 0.05) is 30.1 Å². The summed E-state index contributed by atoms with van der Waals surface area (Å²) in [5.41, 5.74) is 4.62. The molecule has 182 valence electrons. The number of hydrogen-bond acceptors (Lipinski definition) is 7. The SMILES string of the molecule is CC(C)c1sc(N(C)C)nc1-c1ccc(OCCCCCOc2ccc(C(=N)NO)cc2)cc1. The molecule has 7 nitrogen and oxygen atoms in total. The molecule has 0 spiro atoms. The van der Waals surface area contributed by atoms with Crippen molar-refractivity contribution >= 4 is 22.3 Å². The van der Waals surface area contributed by atoms with E-state index in [1.807, 2.05) is 31.7 Å². The van der Waals surface area contributed by atoms with Gasteiger partial charge in [-0.3, -0.25) is 16.1 Å². The number of benzene rings is 2. The van der Waals surface area contributed by atoms with Gasteiger partial charge >= 0.3 is 0 Å². The number of nitrogens with one attached hydrogen (secondary N) is 2. The standard InChI is InChI=1S/C26H34N4O3S/c1-18(2)24-23(28-26(34-24)30(3)4)19-8-12-21(13-9-19)32-16-6-5-7-17-33-22-14-10-20(11-15-22)25(27)29-31/h8-15,18,31H,5-7,16-17H2,1-4H3,(H2,27,29). The van der Waals surface area contributed by atoms with E-state index in [2.05, 4.69) is 30.9 Å². The molecule has 3 N–H and O–H groups in total. The fourth-order valence-corrected chi connectivity index (χ4v) is 4.37. The zero-order valence-corrected chi connectivity index (χ0v) is 21.1. The minimum Gasteiger partial charge on any atom is -0.494 e. The van der Waals surface area contributed by atoms with E-state index in [4.69, 9.17) is 25.1 Å². The molecule has 0 unspecified atom stereocenters. The van der Waals surface area contributed by atoms with Gasteiger partial charge in [-0.05, 0) is 73.7 Å². The summed E-state index contributed by atoms with van der Waals surface area (Å²) in [7, 11) is 4.05. The van der Waals surface area contributed by atoms with Crippen LogP contribution in [0.4, 0.5) is 5.13 Å². The van der Waals surface area contributed by atoms with Gasteiger partial charge in [-0.1, -0.05) is 13.8 Å². The molecule has 0 amide bonds. The van der Waals surface area contributed by atoms with Gasteiger partial charge in [0.2, 0.25) is 0 Å². The van der Waals surface area contributed by atoms with Crippen molar-refractivity contribution in [3.05, 3.63) is 59.0 Å². The third-order valence-corrected chi connectivity index (χ3v) is 6.78. The van der Waals surface area contributed by atoms with E-state index in [1.54, 1.807) is 35.6 Å². The fourth-order valence-electron chi connectivity index (χ4n) is 3.36. The van der Waals surface area contributed by atoms with Crippen molar-refractivity contribution in [3.8, 4) is 22.8 Å². The largest absolute Gasteiger partial charge is 0.494 e. The second-order valence-corrected chi connectivity index (χ2v) is 9.56. The maximum Gasteiger partial charge on any atom is 0.185 e. The Bertz CT molecular complexity index is 1050. The van der Waals surface area contributed by atoms with Gasteiger partial charge in [-0.25, -0.2) is 4.98 Å². The number of ether oxygens (including phenoxy) is 2. The van der Waals surface area contributed by atoms with Crippen molar-refractivity contribution in [2.24, 2.45) is 0 Å². The first-order valence-corrected chi connectivity index (χ1v) is 12.3. The maximum atomic E-state index is 8.76. The predicted octanol–water partition coefficient (Wildman–Crippen LogP) is 5.93. The zero-order chi connectivity index (χ0) is 24.5. The third kappa shape index (κ3) is 6.95. The van der Waals surface area contributed by atoms with Gasteiger partial charge in [-0.15, -0.1) is 11.3 Å².